The Morgan fingerprint density at radius 2 is 2.05 bits per heavy atom. The number of nitrogens with zero attached hydrogens (tertiary/aromatic N) is 1. The van der Waals surface area contributed by atoms with Crippen LogP contribution in [-0.2, 0) is 16.1 Å². The second-order valence-electron chi connectivity index (χ2n) is 4.35. The molecule has 0 amide bonds. The quantitative estimate of drug-likeness (QED) is 0.225. The van der Waals surface area contributed by atoms with Crippen molar-refractivity contribution >= 4 is 47.5 Å². The topological polar surface area (TPSA) is 62.7 Å². The van der Waals surface area contributed by atoms with Crippen LogP contribution in [0, 0.1) is 0 Å². The molecule has 7 heteroatoms. The summed E-state index contributed by atoms with van der Waals surface area (Å²) in [5, 5.41) is 7.05. The van der Waals surface area contributed by atoms with Gasteiger partial charge in [0, 0.05) is 31.6 Å². The third-order valence-electron chi connectivity index (χ3n) is 2.78. The highest BCUT2D eigenvalue weighted by Crippen LogP contribution is 2.14. The Labute approximate surface area is 153 Å². The third kappa shape index (κ3) is 8.43. The molecule has 0 spiro atoms. The first-order valence-corrected chi connectivity index (χ1v) is 7.38. The third-order valence-corrected chi connectivity index (χ3v) is 3.15. The minimum absolute atomic E-state index is 0. The molecule has 0 unspecified atom stereocenters. The van der Waals surface area contributed by atoms with Gasteiger partial charge in [0.25, 0.3) is 0 Å². The van der Waals surface area contributed by atoms with E-state index in [-0.39, 0.29) is 29.9 Å². The summed E-state index contributed by atoms with van der Waals surface area (Å²) in [7, 11) is 1.70. The lowest BCUT2D eigenvalue weighted by molar-refractivity contribution is -0.143. The smallest absolute Gasteiger partial charge is 0.305 e. The van der Waals surface area contributed by atoms with E-state index in [2.05, 4.69) is 15.6 Å². The zero-order valence-electron chi connectivity index (χ0n) is 12.9. The molecule has 1 rings (SSSR count). The highest BCUT2D eigenvalue weighted by molar-refractivity contribution is 14.0. The number of hydrogen-bond acceptors (Lipinski definition) is 3. The molecule has 22 heavy (non-hydrogen) atoms. The summed E-state index contributed by atoms with van der Waals surface area (Å²) >= 11 is 6.09. The minimum Gasteiger partial charge on any atom is -0.466 e. The van der Waals surface area contributed by atoms with Crippen molar-refractivity contribution in [3.63, 3.8) is 0 Å². The zero-order chi connectivity index (χ0) is 15.5. The van der Waals surface area contributed by atoms with Gasteiger partial charge in [0.1, 0.15) is 0 Å². The Hall–Kier alpha value is -1.02. The van der Waals surface area contributed by atoms with Gasteiger partial charge in [-0.3, -0.25) is 9.79 Å². The molecule has 0 bridgehead atoms. The summed E-state index contributed by atoms with van der Waals surface area (Å²) in [4.78, 5) is 15.3. The summed E-state index contributed by atoms with van der Waals surface area (Å²) in [5.74, 6) is 0.511. The van der Waals surface area contributed by atoms with E-state index in [0.29, 0.717) is 38.5 Å². The minimum atomic E-state index is -0.168. The molecule has 0 aliphatic rings. The van der Waals surface area contributed by atoms with Crippen molar-refractivity contribution < 1.29 is 9.53 Å². The lowest BCUT2D eigenvalue weighted by Gasteiger charge is -2.12. The summed E-state index contributed by atoms with van der Waals surface area (Å²) in [6.45, 7) is 3.47. The average molecular weight is 440 g/mol. The maximum atomic E-state index is 11.2. The monoisotopic (exact) mass is 439 g/mol. The molecule has 2 N–H and O–H groups in total. The van der Waals surface area contributed by atoms with E-state index in [1.54, 1.807) is 14.0 Å². The Morgan fingerprint density at radius 3 is 2.68 bits per heavy atom. The number of rotatable bonds is 7. The second-order valence-corrected chi connectivity index (χ2v) is 4.76. The van der Waals surface area contributed by atoms with E-state index >= 15 is 0 Å². The van der Waals surface area contributed by atoms with Crippen LogP contribution >= 0.6 is 35.6 Å². The number of ether oxygens (including phenoxy) is 1. The molecule has 0 fully saturated rings. The lowest BCUT2D eigenvalue weighted by atomic mass is 10.2. The standard InChI is InChI=1S/C15H22ClN3O2.HI/c1-3-21-14(20)9-6-10-18-15(17-2)19-11-12-7-4-5-8-13(12)16;/h4-5,7-8H,3,6,9-11H2,1-2H3,(H2,17,18,19);1H. The molecule has 0 aliphatic heterocycles. The molecule has 1 aromatic carbocycles. The maximum Gasteiger partial charge on any atom is 0.305 e. The van der Waals surface area contributed by atoms with Gasteiger partial charge >= 0.3 is 5.97 Å². The van der Waals surface area contributed by atoms with E-state index in [1.165, 1.54) is 0 Å². The number of carbonyl (C=O) groups is 1. The molecular formula is C15H23ClIN3O2. The van der Waals surface area contributed by atoms with Gasteiger partial charge in [0.05, 0.1) is 6.61 Å². The van der Waals surface area contributed by atoms with Gasteiger partial charge in [-0.15, -0.1) is 24.0 Å². The summed E-state index contributed by atoms with van der Waals surface area (Å²) in [5.41, 5.74) is 1.01. The van der Waals surface area contributed by atoms with Gasteiger partial charge in [0.2, 0.25) is 0 Å². The van der Waals surface area contributed by atoms with Gasteiger partial charge in [-0.05, 0) is 25.0 Å². The van der Waals surface area contributed by atoms with Crippen molar-refractivity contribution in [3.8, 4) is 0 Å². The fourth-order valence-electron chi connectivity index (χ4n) is 1.71. The summed E-state index contributed by atoms with van der Waals surface area (Å²) < 4.78 is 4.87. The number of hydrogen-bond donors (Lipinski definition) is 2. The number of halogens is 2. The maximum absolute atomic E-state index is 11.2. The van der Waals surface area contributed by atoms with Crippen LogP contribution in [0.15, 0.2) is 29.3 Å². The van der Waals surface area contributed by atoms with Crippen molar-refractivity contribution in [2.45, 2.75) is 26.3 Å². The van der Waals surface area contributed by atoms with Crippen molar-refractivity contribution in [2.75, 3.05) is 20.2 Å². The Bertz CT molecular complexity index is 484. The van der Waals surface area contributed by atoms with Crippen LogP contribution in [0.25, 0.3) is 0 Å². The van der Waals surface area contributed by atoms with Gasteiger partial charge in [0.15, 0.2) is 5.96 Å². The Morgan fingerprint density at radius 1 is 1.32 bits per heavy atom. The van der Waals surface area contributed by atoms with Gasteiger partial charge in [-0.2, -0.15) is 0 Å². The average Bonchev–Trinajstić information content (AvgIpc) is 2.48. The Balaban J connectivity index is 0.00000441. The SMILES string of the molecule is CCOC(=O)CCCNC(=NC)NCc1ccccc1Cl.I. The molecule has 1 aromatic rings. The van der Waals surface area contributed by atoms with Crippen molar-refractivity contribution in [1.29, 1.82) is 0 Å². The second kappa shape index (κ2) is 12.5. The number of carbonyl (C=O) groups excluding carboxylic acids is 1. The summed E-state index contributed by atoms with van der Waals surface area (Å²) in [6, 6.07) is 7.66. The number of nitrogens with one attached hydrogen (secondary N) is 2. The highest BCUT2D eigenvalue weighted by atomic mass is 127. The van der Waals surface area contributed by atoms with Crippen LogP contribution in [-0.4, -0.2) is 32.1 Å². The summed E-state index contributed by atoms with van der Waals surface area (Å²) in [6.07, 6.45) is 1.11. The van der Waals surface area contributed by atoms with Crippen LogP contribution in [0.2, 0.25) is 5.02 Å². The largest absolute Gasteiger partial charge is 0.466 e. The molecule has 124 valence electrons. The van der Waals surface area contributed by atoms with Gasteiger partial charge < -0.3 is 15.4 Å². The zero-order valence-corrected chi connectivity index (χ0v) is 16.0. The van der Waals surface area contributed by atoms with Crippen LogP contribution < -0.4 is 10.6 Å². The van der Waals surface area contributed by atoms with Crippen LogP contribution in [0.4, 0.5) is 0 Å². The fraction of sp³-hybridized carbons (Fsp3) is 0.467. The molecule has 0 saturated carbocycles. The first kappa shape index (κ1) is 21.0. The van der Waals surface area contributed by atoms with Crippen LogP contribution in [0.1, 0.15) is 25.3 Å². The normalized spacial score (nSPS) is 10.6. The van der Waals surface area contributed by atoms with Crippen molar-refractivity contribution in [3.05, 3.63) is 34.9 Å². The Kier molecular flexibility index (Phi) is 11.9. The van der Waals surface area contributed by atoms with E-state index in [0.717, 1.165) is 10.6 Å². The first-order chi connectivity index (χ1) is 10.2. The molecule has 0 radical (unpaired) electrons. The van der Waals surface area contributed by atoms with E-state index < -0.39 is 0 Å². The number of aliphatic imine (C=N–C) groups is 1. The molecule has 0 aromatic heterocycles. The van der Waals surface area contributed by atoms with Crippen LogP contribution in [0.5, 0.6) is 0 Å². The van der Waals surface area contributed by atoms with E-state index in [9.17, 15) is 4.79 Å². The highest BCUT2D eigenvalue weighted by Gasteiger charge is 2.03. The molecule has 0 atom stereocenters. The number of benzene rings is 1. The van der Waals surface area contributed by atoms with Gasteiger partial charge in [-0.25, -0.2) is 0 Å². The van der Waals surface area contributed by atoms with Crippen molar-refractivity contribution in [2.24, 2.45) is 4.99 Å². The van der Waals surface area contributed by atoms with Gasteiger partial charge in [-0.1, -0.05) is 29.8 Å². The molecule has 0 saturated heterocycles. The van der Waals surface area contributed by atoms with E-state index in [4.69, 9.17) is 16.3 Å². The van der Waals surface area contributed by atoms with Crippen molar-refractivity contribution in [1.82, 2.24) is 10.6 Å². The molecule has 0 heterocycles. The fourth-order valence-corrected chi connectivity index (χ4v) is 1.92. The number of esters is 1. The van der Waals surface area contributed by atoms with Crippen LogP contribution in [0.3, 0.4) is 0 Å². The predicted octanol–water partition coefficient (Wildman–Crippen LogP) is 2.97. The molecule has 0 aliphatic carbocycles. The first-order valence-electron chi connectivity index (χ1n) is 7.01. The van der Waals surface area contributed by atoms with E-state index in [1.807, 2.05) is 24.3 Å². The molecular weight excluding hydrogens is 417 g/mol. The predicted molar refractivity (Wildman–Crippen MR) is 101 cm³/mol. The number of guanidine groups is 1. The lowest BCUT2D eigenvalue weighted by Crippen LogP contribution is -2.37. The molecule has 5 nitrogen and oxygen atoms in total.